The van der Waals surface area contributed by atoms with E-state index in [0.29, 0.717) is 6.42 Å². The highest BCUT2D eigenvalue weighted by molar-refractivity contribution is 5.23. The summed E-state index contributed by atoms with van der Waals surface area (Å²) in [6.45, 7) is 1.95. The minimum Gasteiger partial charge on any atom is -0.394 e. The van der Waals surface area contributed by atoms with E-state index < -0.39 is 5.69 Å². The quantitative estimate of drug-likeness (QED) is 0.723. The SMILES string of the molecule is C[C@H]1C[C@H](n2ccc(N)nc2=O)O[C@@H]1CO. The largest absolute Gasteiger partial charge is 0.394 e. The van der Waals surface area contributed by atoms with Crippen molar-refractivity contribution in [2.45, 2.75) is 25.7 Å². The number of nitrogens with zero attached hydrogens (tertiary/aromatic N) is 2. The molecule has 1 aromatic rings. The van der Waals surface area contributed by atoms with E-state index in [9.17, 15) is 4.79 Å². The lowest BCUT2D eigenvalue weighted by Gasteiger charge is -2.14. The number of nitrogens with two attached hydrogens (primary N) is 1. The highest BCUT2D eigenvalue weighted by Crippen LogP contribution is 2.31. The highest BCUT2D eigenvalue weighted by Gasteiger charge is 2.33. The van der Waals surface area contributed by atoms with Crippen molar-refractivity contribution in [3.8, 4) is 0 Å². The topological polar surface area (TPSA) is 90.4 Å². The maximum atomic E-state index is 11.6. The highest BCUT2D eigenvalue weighted by atomic mass is 16.5. The van der Waals surface area contributed by atoms with Gasteiger partial charge < -0.3 is 15.6 Å². The summed E-state index contributed by atoms with van der Waals surface area (Å²) in [7, 11) is 0. The fraction of sp³-hybridized carbons (Fsp3) is 0.600. The third-order valence-corrected chi connectivity index (χ3v) is 2.88. The molecule has 2 rings (SSSR count). The number of aliphatic hydroxyl groups excluding tert-OH is 1. The lowest BCUT2D eigenvalue weighted by Crippen LogP contribution is -2.27. The van der Waals surface area contributed by atoms with Crippen LogP contribution in [0.2, 0.25) is 0 Å². The molecule has 1 aromatic heterocycles. The molecular weight excluding hydrogens is 210 g/mol. The zero-order valence-electron chi connectivity index (χ0n) is 9.04. The predicted octanol–water partition coefficient (Wildman–Crippen LogP) is -0.259. The van der Waals surface area contributed by atoms with Gasteiger partial charge in [-0.05, 0) is 18.4 Å². The standard InChI is InChI=1S/C10H15N3O3/c1-6-4-9(16-7(6)5-14)13-3-2-8(11)12-10(13)15/h2-3,6-7,9,14H,4-5H2,1H3,(H2,11,12,15)/t6-,7+,9+/m0/s1. The number of ether oxygens (including phenoxy) is 1. The summed E-state index contributed by atoms with van der Waals surface area (Å²) in [5.41, 5.74) is 4.98. The molecule has 0 bridgehead atoms. The van der Waals surface area contributed by atoms with Crippen molar-refractivity contribution in [2.75, 3.05) is 12.3 Å². The summed E-state index contributed by atoms with van der Waals surface area (Å²) < 4.78 is 6.97. The number of hydrogen-bond donors (Lipinski definition) is 2. The van der Waals surface area contributed by atoms with Crippen LogP contribution < -0.4 is 11.4 Å². The van der Waals surface area contributed by atoms with Gasteiger partial charge >= 0.3 is 5.69 Å². The zero-order chi connectivity index (χ0) is 11.7. The molecule has 0 amide bonds. The first-order valence-electron chi connectivity index (χ1n) is 5.23. The molecule has 0 spiro atoms. The van der Waals surface area contributed by atoms with Gasteiger partial charge in [0.05, 0.1) is 12.7 Å². The van der Waals surface area contributed by atoms with Crippen molar-refractivity contribution in [1.29, 1.82) is 0 Å². The molecule has 1 fully saturated rings. The molecule has 16 heavy (non-hydrogen) atoms. The Balaban J connectivity index is 2.23. The van der Waals surface area contributed by atoms with Crippen molar-refractivity contribution >= 4 is 5.82 Å². The third-order valence-electron chi connectivity index (χ3n) is 2.88. The summed E-state index contributed by atoms with van der Waals surface area (Å²) in [6, 6.07) is 1.56. The number of nitrogen functional groups attached to an aromatic ring is 1. The average Bonchev–Trinajstić information content (AvgIpc) is 2.59. The first-order chi connectivity index (χ1) is 7.61. The van der Waals surface area contributed by atoms with Crippen LogP contribution in [0.3, 0.4) is 0 Å². The van der Waals surface area contributed by atoms with Crippen LogP contribution in [0.4, 0.5) is 5.82 Å². The third kappa shape index (κ3) is 1.94. The molecule has 1 aliphatic rings. The summed E-state index contributed by atoms with van der Waals surface area (Å²) in [5.74, 6) is 0.422. The van der Waals surface area contributed by atoms with Gasteiger partial charge in [-0.2, -0.15) is 4.98 Å². The van der Waals surface area contributed by atoms with Gasteiger partial charge in [0.1, 0.15) is 12.0 Å². The predicted molar refractivity (Wildman–Crippen MR) is 57.7 cm³/mol. The summed E-state index contributed by atoms with van der Waals surface area (Å²) >= 11 is 0. The first kappa shape index (κ1) is 11.1. The molecule has 0 aliphatic carbocycles. The molecule has 2 heterocycles. The van der Waals surface area contributed by atoms with Crippen molar-refractivity contribution in [1.82, 2.24) is 9.55 Å². The average molecular weight is 225 g/mol. The van der Waals surface area contributed by atoms with E-state index in [-0.39, 0.29) is 30.7 Å². The van der Waals surface area contributed by atoms with Crippen molar-refractivity contribution in [3.63, 3.8) is 0 Å². The Kier molecular flexibility index (Phi) is 2.93. The van der Waals surface area contributed by atoms with E-state index in [2.05, 4.69) is 4.98 Å². The Morgan fingerprint density at radius 3 is 3.06 bits per heavy atom. The molecule has 0 saturated carbocycles. The maximum Gasteiger partial charge on any atom is 0.351 e. The lowest BCUT2D eigenvalue weighted by atomic mass is 10.0. The van der Waals surface area contributed by atoms with E-state index >= 15 is 0 Å². The van der Waals surface area contributed by atoms with E-state index in [4.69, 9.17) is 15.6 Å². The van der Waals surface area contributed by atoms with Gasteiger partial charge in [-0.15, -0.1) is 0 Å². The fourth-order valence-electron chi connectivity index (χ4n) is 1.91. The number of hydrogen-bond acceptors (Lipinski definition) is 5. The zero-order valence-corrected chi connectivity index (χ0v) is 9.04. The van der Waals surface area contributed by atoms with Gasteiger partial charge in [-0.1, -0.05) is 6.92 Å². The van der Waals surface area contributed by atoms with Crippen molar-refractivity contribution < 1.29 is 9.84 Å². The smallest absolute Gasteiger partial charge is 0.351 e. The van der Waals surface area contributed by atoms with Crippen LogP contribution in [0, 0.1) is 5.92 Å². The first-order valence-corrected chi connectivity index (χ1v) is 5.23. The Morgan fingerprint density at radius 1 is 1.75 bits per heavy atom. The van der Waals surface area contributed by atoms with Crippen LogP contribution in [0.15, 0.2) is 17.1 Å². The van der Waals surface area contributed by atoms with Crippen LogP contribution >= 0.6 is 0 Å². The Bertz CT molecular complexity index is 432. The molecule has 3 N–H and O–H groups in total. The van der Waals surface area contributed by atoms with Crippen LogP contribution in [-0.2, 0) is 4.74 Å². The summed E-state index contributed by atoms with van der Waals surface area (Å²) in [5, 5.41) is 9.07. The normalized spacial score (nSPS) is 29.5. The van der Waals surface area contributed by atoms with Gasteiger partial charge in [0.25, 0.3) is 0 Å². The molecule has 0 radical (unpaired) electrons. The van der Waals surface area contributed by atoms with Crippen LogP contribution in [0.5, 0.6) is 0 Å². The van der Waals surface area contributed by atoms with Gasteiger partial charge in [-0.3, -0.25) is 4.57 Å². The van der Waals surface area contributed by atoms with Crippen LogP contribution in [0.1, 0.15) is 19.6 Å². The maximum absolute atomic E-state index is 11.6. The molecule has 1 saturated heterocycles. The Labute approximate surface area is 92.7 Å². The van der Waals surface area contributed by atoms with Crippen molar-refractivity contribution in [2.24, 2.45) is 5.92 Å². The van der Waals surface area contributed by atoms with E-state index in [0.717, 1.165) is 0 Å². The second-order valence-electron chi connectivity index (χ2n) is 4.07. The second kappa shape index (κ2) is 4.23. The van der Waals surface area contributed by atoms with Gasteiger partial charge in [0.2, 0.25) is 0 Å². The van der Waals surface area contributed by atoms with Gasteiger partial charge in [0, 0.05) is 6.20 Å². The summed E-state index contributed by atoms with van der Waals surface area (Å²) in [4.78, 5) is 15.2. The minimum atomic E-state index is -0.421. The monoisotopic (exact) mass is 225 g/mol. The van der Waals surface area contributed by atoms with Gasteiger partial charge in [0.15, 0.2) is 0 Å². The second-order valence-corrected chi connectivity index (χ2v) is 4.07. The van der Waals surface area contributed by atoms with E-state index in [1.807, 2.05) is 6.92 Å². The lowest BCUT2D eigenvalue weighted by molar-refractivity contribution is -0.0312. The minimum absolute atomic E-state index is 0.0329. The van der Waals surface area contributed by atoms with Crippen molar-refractivity contribution in [3.05, 3.63) is 22.7 Å². The van der Waals surface area contributed by atoms with Crippen LogP contribution in [0.25, 0.3) is 0 Å². The van der Waals surface area contributed by atoms with E-state index in [1.165, 1.54) is 4.57 Å². The number of aromatic nitrogens is 2. The molecule has 88 valence electrons. The molecule has 6 heteroatoms. The summed E-state index contributed by atoms with van der Waals surface area (Å²) in [6.07, 6.45) is 1.70. The fourth-order valence-corrected chi connectivity index (χ4v) is 1.91. The van der Waals surface area contributed by atoms with Gasteiger partial charge in [-0.25, -0.2) is 4.79 Å². The molecule has 1 aliphatic heterocycles. The molecule has 0 unspecified atom stereocenters. The number of anilines is 1. The Hall–Kier alpha value is -1.40. The number of rotatable bonds is 2. The molecule has 6 nitrogen and oxygen atoms in total. The molecule has 3 atom stereocenters. The van der Waals surface area contributed by atoms with Crippen LogP contribution in [-0.4, -0.2) is 27.4 Å². The molecular formula is C10H15N3O3. The Morgan fingerprint density at radius 2 is 2.50 bits per heavy atom. The molecule has 0 aromatic carbocycles. The number of aliphatic hydroxyl groups is 1. The van der Waals surface area contributed by atoms with E-state index in [1.54, 1.807) is 12.3 Å².